The molecule has 27 heavy (non-hydrogen) atoms. The Morgan fingerprint density at radius 1 is 1.26 bits per heavy atom. The molecular formula is C20H21FN4O2. The van der Waals surface area contributed by atoms with Gasteiger partial charge in [0.1, 0.15) is 5.82 Å². The molecule has 0 aromatic heterocycles. The van der Waals surface area contributed by atoms with Crippen LogP contribution in [0.5, 0.6) is 0 Å². The van der Waals surface area contributed by atoms with Gasteiger partial charge in [0, 0.05) is 24.5 Å². The number of benzene rings is 2. The lowest BCUT2D eigenvalue weighted by Gasteiger charge is -2.26. The number of nitrogens with zero attached hydrogens (tertiary/aromatic N) is 3. The number of amides is 2. The highest BCUT2D eigenvalue weighted by Gasteiger charge is 2.19. The van der Waals surface area contributed by atoms with Crippen LogP contribution in [0.15, 0.2) is 48.5 Å². The van der Waals surface area contributed by atoms with Crippen molar-refractivity contribution in [1.82, 2.24) is 4.90 Å². The molecule has 0 saturated heterocycles. The van der Waals surface area contributed by atoms with E-state index in [-0.39, 0.29) is 5.91 Å². The van der Waals surface area contributed by atoms with Crippen LogP contribution >= 0.6 is 0 Å². The molecule has 2 aromatic rings. The fourth-order valence-corrected chi connectivity index (χ4v) is 2.43. The summed E-state index contributed by atoms with van der Waals surface area (Å²) in [5.74, 6) is -0.617. The fraction of sp³-hybridized carbons (Fsp3) is 0.250. The standard InChI is InChI=1S/C20H21FN4O2/c1-15(20(27)23-18-8-6-16(13-22)7-9-18)24(2)10-11-25(14-26)19-5-3-4-17(21)12-19/h3-9,12,14-15H,10-11H2,1-2H3,(H,23,27). The van der Waals surface area contributed by atoms with Gasteiger partial charge in [0.05, 0.1) is 17.7 Å². The summed E-state index contributed by atoms with van der Waals surface area (Å²) >= 11 is 0. The van der Waals surface area contributed by atoms with Crippen LogP contribution in [0.2, 0.25) is 0 Å². The number of anilines is 2. The molecule has 0 fully saturated rings. The molecule has 0 bridgehead atoms. The third-order valence-electron chi connectivity index (χ3n) is 4.28. The minimum Gasteiger partial charge on any atom is -0.325 e. The first kappa shape index (κ1) is 20.1. The van der Waals surface area contributed by atoms with Crippen LogP contribution in [0.1, 0.15) is 12.5 Å². The van der Waals surface area contributed by atoms with Crippen LogP contribution in [-0.4, -0.2) is 43.4 Å². The first-order valence-electron chi connectivity index (χ1n) is 8.43. The Kier molecular flexibility index (Phi) is 7.03. The van der Waals surface area contributed by atoms with E-state index in [2.05, 4.69) is 5.32 Å². The predicted octanol–water partition coefficient (Wildman–Crippen LogP) is 2.62. The van der Waals surface area contributed by atoms with Crippen LogP contribution in [-0.2, 0) is 9.59 Å². The summed E-state index contributed by atoms with van der Waals surface area (Å²) < 4.78 is 13.3. The molecule has 1 atom stereocenters. The number of nitrogens with one attached hydrogen (secondary N) is 1. The number of halogens is 1. The third kappa shape index (κ3) is 5.62. The summed E-state index contributed by atoms with van der Waals surface area (Å²) in [6.07, 6.45) is 0.643. The monoisotopic (exact) mass is 368 g/mol. The van der Waals surface area contributed by atoms with Gasteiger partial charge in [-0.25, -0.2) is 4.39 Å². The summed E-state index contributed by atoms with van der Waals surface area (Å²) in [7, 11) is 1.78. The van der Waals surface area contributed by atoms with Crippen molar-refractivity contribution >= 4 is 23.7 Å². The van der Waals surface area contributed by atoms with Crippen LogP contribution in [0.25, 0.3) is 0 Å². The number of hydrogen-bond donors (Lipinski definition) is 1. The molecule has 0 spiro atoms. The number of rotatable bonds is 8. The third-order valence-corrected chi connectivity index (χ3v) is 4.28. The molecule has 0 aliphatic rings. The van der Waals surface area contributed by atoms with Gasteiger partial charge in [-0.1, -0.05) is 6.07 Å². The second-order valence-corrected chi connectivity index (χ2v) is 6.11. The second-order valence-electron chi connectivity index (χ2n) is 6.11. The summed E-state index contributed by atoms with van der Waals surface area (Å²) in [4.78, 5) is 26.9. The molecule has 0 heterocycles. The van der Waals surface area contributed by atoms with Crippen LogP contribution < -0.4 is 10.2 Å². The molecule has 0 aliphatic heterocycles. The zero-order chi connectivity index (χ0) is 19.8. The summed E-state index contributed by atoms with van der Waals surface area (Å²) in [5.41, 5.74) is 1.59. The lowest BCUT2D eigenvalue weighted by molar-refractivity contribution is -0.120. The maximum absolute atomic E-state index is 13.3. The Balaban J connectivity index is 1.91. The van der Waals surface area contributed by atoms with Crippen molar-refractivity contribution in [3.05, 3.63) is 59.9 Å². The normalized spacial score (nSPS) is 11.5. The lowest BCUT2D eigenvalue weighted by atomic mass is 10.2. The Labute approximate surface area is 157 Å². The molecular weight excluding hydrogens is 347 g/mol. The van der Waals surface area contributed by atoms with Crippen molar-refractivity contribution in [3.63, 3.8) is 0 Å². The maximum Gasteiger partial charge on any atom is 0.241 e. The Morgan fingerprint density at radius 3 is 2.56 bits per heavy atom. The first-order valence-corrected chi connectivity index (χ1v) is 8.43. The number of hydrogen-bond acceptors (Lipinski definition) is 4. The van der Waals surface area contributed by atoms with Gasteiger partial charge in [-0.15, -0.1) is 0 Å². The van der Waals surface area contributed by atoms with Crippen LogP contribution in [0.4, 0.5) is 15.8 Å². The number of carbonyl (C=O) groups is 2. The highest BCUT2D eigenvalue weighted by atomic mass is 19.1. The van der Waals surface area contributed by atoms with Crippen LogP contribution in [0.3, 0.4) is 0 Å². The van der Waals surface area contributed by atoms with Crippen molar-refractivity contribution < 1.29 is 14.0 Å². The number of carbonyl (C=O) groups excluding carboxylic acids is 2. The van der Waals surface area contributed by atoms with Crippen LogP contribution in [0, 0.1) is 17.1 Å². The van der Waals surface area contributed by atoms with E-state index in [1.807, 2.05) is 6.07 Å². The van der Waals surface area contributed by atoms with E-state index in [1.165, 1.54) is 17.0 Å². The van der Waals surface area contributed by atoms with Crippen molar-refractivity contribution in [2.75, 3.05) is 30.4 Å². The minimum atomic E-state index is -0.443. The van der Waals surface area contributed by atoms with E-state index >= 15 is 0 Å². The molecule has 1 N–H and O–H groups in total. The van der Waals surface area contributed by atoms with Gasteiger partial charge in [0.15, 0.2) is 0 Å². The van der Waals surface area contributed by atoms with Crippen molar-refractivity contribution in [2.24, 2.45) is 0 Å². The summed E-state index contributed by atoms with van der Waals surface area (Å²) in [5, 5.41) is 11.6. The second kappa shape index (κ2) is 9.46. The van der Waals surface area contributed by atoms with Crippen molar-refractivity contribution in [1.29, 1.82) is 5.26 Å². The maximum atomic E-state index is 13.3. The fourth-order valence-electron chi connectivity index (χ4n) is 2.43. The molecule has 2 aromatic carbocycles. The highest BCUT2D eigenvalue weighted by molar-refractivity contribution is 5.94. The molecule has 6 nitrogen and oxygen atoms in total. The Bertz CT molecular complexity index is 833. The van der Waals surface area contributed by atoms with Gasteiger partial charge in [-0.2, -0.15) is 5.26 Å². The Morgan fingerprint density at radius 2 is 1.96 bits per heavy atom. The molecule has 2 rings (SSSR count). The molecule has 0 aliphatic carbocycles. The first-order chi connectivity index (χ1) is 12.9. The van der Waals surface area contributed by atoms with E-state index in [9.17, 15) is 14.0 Å². The van der Waals surface area contributed by atoms with Gasteiger partial charge >= 0.3 is 0 Å². The van der Waals surface area contributed by atoms with Crippen molar-refractivity contribution in [3.8, 4) is 6.07 Å². The Hall–Kier alpha value is -3.24. The summed E-state index contributed by atoms with van der Waals surface area (Å²) in [6.45, 7) is 2.50. The van der Waals surface area contributed by atoms with Gasteiger partial charge in [-0.05, 0) is 56.4 Å². The van der Waals surface area contributed by atoms with Gasteiger partial charge in [0.25, 0.3) is 0 Å². The zero-order valence-corrected chi connectivity index (χ0v) is 15.2. The molecule has 0 radical (unpaired) electrons. The van der Waals surface area contributed by atoms with Gasteiger partial charge in [-0.3, -0.25) is 14.5 Å². The van der Waals surface area contributed by atoms with E-state index in [0.717, 1.165) is 0 Å². The van der Waals surface area contributed by atoms with E-state index < -0.39 is 11.9 Å². The highest BCUT2D eigenvalue weighted by Crippen LogP contribution is 2.14. The van der Waals surface area contributed by atoms with Gasteiger partial charge < -0.3 is 10.2 Å². The topological polar surface area (TPSA) is 76.4 Å². The van der Waals surface area contributed by atoms with Crippen molar-refractivity contribution in [2.45, 2.75) is 13.0 Å². The number of likely N-dealkylation sites (N-methyl/N-ethyl adjacent to an activating group) is 1. The smallest absolute Gasteiger partial charge is 0.241 e. The molecule has 140 valence electrons. The molecule has 7 heteroatoms. The minimum absolute atomic E-state index is 0.203. The van der Waals surface area contributed by atoms with E-state index in [4.69, 9.17) is 5.26 Å². The average Bonchev–Trinajstić information content (AvgIpc) is 2.68. The molecule has 1 unspecified atom stereocenters. The molecule has 0 saturated carbocycles. The predicted molar refractivity (Wildman–Crippen MR) is 102 cm³/mol. The quantitative estimate of drug-likeness (QED) is 0.727. The summed E-state index contributed by atoms with van der Waals surface area (Å²) in [6, 6.07) is 14.0. The largest absolute Gasteiger partial charge is 0.325 e. The van der Waals surface area contributed by atoms with E-state index in [1.54, 1.807) is 55.3 Å². The number of nitriles is 1. The SMILES string of the molecule is CC(C(=O)Nc1ccc(C#N)cc1)N(C)CCN(C=O)c1cccc(F)c1. The molecule has 2 amide bonds. The van der Waals surface area contributed by atoms with E-state index in [0.29, 0.717) is 36.4 Å². The van der Waals surface area contributed by atoms with Gasteiger partial charge in [0.2, 0.25) is 12.3 Å². The average molecular weight is 368 g/mol. The zero-order valence-electron chi connectivity index (χ0n) is 15.2. The lowest BCUT2D eigenvalue weighted by Crippen LogP contribution is -2.43.